The molecule has 12 heteroatoms. The molecule has 0 fully saturated rings. The number of rotatable bonds is 4. The average molecular weight is 529 g/mol. The molecule has 2 aromatic carbocycles. The standard InChI is InChI=1S/C24H21ClF4N2O5/c1-6-35-22(33)12-10-31(20-11(21(12)32)7-15(28)19(29)18(20)25)17-9-16(13(26)8-14(17)27)30(5)23(34)36-24(2,3)4/h7-10H,6H2,1-5H3. The van der Waals surface area contributed by atoms with Crippen molar-refractivity contribution in [3.8, 4) is 5.69 Å². The van der Waals surface area contributed by atoms with Gasteiger partial charge >= 0.3 is 12.1 Å². The van der Waals surface area contributed by atoms with E-state index in [2.05, 4.69) is 0 Å². The lowest BCUT2D eigenvalue weighted by molar-refractivity contribution is 0.0523. The van der Waals surface area contributed by atoms with Gasteiger partial charge in [-0.2, -0.15) is 0 Å². The molecule has 1 heterocycles. The highest BCUT2D eigenvalue weighted by molar-refractivity contribution is 6.35. The highest BCUT2D eigenvalue weighted by Crippen LogP contribution is 2.33. The molecule has 7 nitrogen and oxygen atoms in total. The summed E-state index contributed by atoms with van der Waals surface area (Å²) in [5.74, 6) is -6.51. The van der Waals surface area contributed by atoms with E-state index < -0.39 is 79.2 Å². The second kappa shape index (κ2) is 9.81. The largest absolute Gasteiger partial charge is 0.462 e. The van der Waals surface area contributed by atoms with Crippen LogP contribution in [0, 0.1) is 23.3 Å². The van der Waals surface area contributed by atoms with Gasteiger partial charge in [0.1, 0.15) is 27.8 Å². The fourth-order valence-electron chi connectivity index (χ4n) is 3.33. The van der Waals surface area contributed by atoms with Gasteiger partial charge in [0.05, 0.1) is 28.9 Å². The number of pyridine rings is 1. The number of carbonyl (C=O) groups is 2. The Morgan fingerprint density at radius 2 is 1.69 bits per heavy atom. The summed E-state index contributed by atoms with van der Waals surface area (Å²) in [6.45, 7) is 6.12. The summed E-state index contributed by atoms with van der Waals surface area (Å²) in [7, 11) is 1.17. The van der Waals surface area contributed by atoms with E-state index in [-0.39, 0.29) is 6.61 Å². The maximum atomic E-state index is 15.1. The number of amides is 1. The van der Waals surface area contributed by atoms with Gasteiger partial charge in [0.25, 0.3) is 0 Å². The van der Waals surface area contributed by atoms with Crippen LogP contribution < -0.4 is 10.3 Å². The number of ether oxygens (including phenoxy) is 2. The molecule has 0 bridgehead atoms. The van der Waals surface area contributed by atoms with E-state index in [0.717, 1.165) is 21.7 Å². The number of nitrogens with zero attached hydrogens (tertiary/aromatic N) is 2. The first-order chi connectivity index (χ1) is 16.7. The van der Waals surface area contributed by atoms with Crippen molar-refractivity contribution in [3.05, 3.63) is 68.5 Å². The van der Waals surface area contributed by atoms with Crippen molar-refractivity contribution in [2.75, 3.05) is 18.6 Å². The van der Waals surface area contributed by atoms with Crippen LogP contribution in [0.5, 0.6) is 0 Å². The van der Waals surface area contributed by atoms with E-state index in [0.29, 0.717) is 12.1 Å². The second-order valence-corrected chi connectivity index (χ2v) is 9.02. The number of benzene rings is 2. The Kier molecular flexibility index (Phi) is 7.35. The van der Waals surface area contributed by atoms with Crippen LogP contribution >= 0.6 is 11.6 Å². The van der Waals surface area contributed by atoms with Gasteiger partial charge in [-0.1, -0.05) is 11.6 Å². The van der Waals surface area contributed by atoms with E-state index in [4.69, 9.17) is 21.1 Å². The number of esters is 1. The van der Waals surface area contributed by atoms with Gasteiger partial charge in [-0.15, -0.1) is 0 Å². The zero-order valence-electron chi connectivity index (χ0n) is 19.8. The fraction of sp³-hybridized carbons (Fsp3) is 0.292. The minimum absolute atomic E-state index is 0.120. The maximum absolute atomic E-state index is 15.1. The van der Waals surface area contributed by atoms with Crippen molar-refractivity contribution in [2.24, 2.45) is 0 Å². The van der Waals surface area contributed by atoms with Crippen LogP contribution in [0.1, 0.15) is 38.1 Å². The summed E-state index contributed by atoms with van der Waals surface area (Å²) < 4.78 is 69.1. The molecule has 3 aromatic rings. The molecule has 0 N–H and O–H groups in total. The number of halogens is 5. The molecule has 0 aliphatic heterocycles. The minimum atomic E-state index is -1.53. The smallest absolute Gasteiger partial charge is 0.414 e. The van der Waals surface area contributed by atoms with Crippen LogP contribution in [-0.4, -0.2) is 35.9 Å². The normalized spacial score (nSPS) is 11.5. The second-order valence-electron chi connectivity index (χ2n) is 8.64. The molecular formula is C24H21ClF4N2O5. The average Bonchev–Trinajstić information content (AvgIpc) is 2.77. The highest BCUT2D eigenvalue weighted by atomic mass is 35.5. The lowest BCUT2D eigenvalue weighted by Crippen LogP contribution is -2.34. The third-order valence-corrected chi connectivity index (χ3v) is 5.27. The Morgan fingerprint density at radius 3 is 2.28 bits per heavy atom. The van der Waals surface area contributed by atoms with Crippen molar-refractivity contribution in [1.82, 2.24) is 4.57 Å². The quantitative estimate of drug-likeness (QED) is 0.245. The van der Waals surface area contributed by atoms with E-state index in [1.54, 1.807) is 20.8 Å². The van der Waals surface area contributed by atoms with Gasteiger partial charge in [0, 0.05) is 19.3 Å². The molecule has 36 heavy (non-hydrogen) atoms. The van der Waals surface area contributed by atoms with Gasteiger partial charge in [-0.05, 0) is 39.8 Å². The topological polar surface area (TPSA) is 77.8 Å². The molecule has 192 valence electrons. The molecule has 0 spiro atoms. The van der Waals surface area contributed by atoms with E-state index in [1.807, 2.05) is 0 Å². The summed E-state index contributed by atoms with van der Waals surface area (Å²) in [6.07, 6.45) is -0.151. The maximum Gasteiger partial charge on any atom is 0.414 e. The van der Waals surface area contributed by atoms with E-state index in [9.17, 15) is 27.6 Å². The first-order valence-electron chi connectivity index (χ1n) is 10.5. The summed E-state index contributed by atoms with van der Waals surface area (Å²) in [5.41, 5.74) is -4.10. The number of anilines is 1. The van der Waals surface area contributed by atoms with Crippen molar-refractivity contribution in [1.29, 1.82) is 0 Å². The summed E-state index contributed by atoms with van der Waals surface area (Å²) in [4.78, 5) is 38.5. The molecule has 1 amide bonds. The molecule has 0 saturated heterocycles. The predicted octanol–water partition coefficient (Wildman–Crippen LogP) is 5.75. The lowest BCUT2D eigenvalue weighted by atomic mass is 10.1. The lowest BCUT2D eigenvalue weighted by Gasteiger charge is -2.25. The number of hydrogen-bond donors (Lipinski definition) is 0. The molecule has 0 atom stereocenters. The first kappa shape index (κ1) is 27.0. The Hall–Kier alpha value is -3.60. The van der Waals surface area contributed by atoms with Crippen molar-refractivity contribution >= 4 is 40.3 Å². The number of aromatic nitrogens is 1. The third kappa shape index (κ3) is 5.01. The van der Waals surface area contributed by atoms with Crippen LogP contribution in [-0.2, 0) is 9.47 Å². The molecule has 1 aromatic heterocycles. The minimum Gasteiger partial charge on any atom is -0.462 e. The fourth-order valence-corrected chi connectivity index (χ4v) is 3.62. The van der Waals surface area contributed by atoms with Crippen LogP contribution in [0.3, 0.4) is 0 Å². The van der Waals surface area contributed by atoms with Gasteiger partial charge in [0.2, 0.25) is 5.43 Å². The Balaban J connectivity index is 2.38. The predicted molar refractivity (Wildman–Crippen MR) is 125 cm³/mol. The third-order valence-electron chi connectivity index (χ3n) is 4.92. The van der Waals surface area contributed by atoms with Gasteiger partial charge < -0.3 is 14.0 Å². The molecule has 0 aliphatic carbocycles. The molecule has 3 rings (SSSR count). The number of carbonyl (C=O) groups excluding carboxylic acids is 2. The molecule has 0 unspecified atom stereocenters. The number of hydrogen-bond acceptors (Lipinski definition) is 5. The van der Waals surface area contributed by atoms with Gasteiger partial charge in [-0.3, -0.25) is 9.69 Å². The van der Waals surface area contributed by atoms with Gasteiger partial charge in [-0.25, -0.2) is 27.2 Å². The highest BCUT2D eigenvalue weighted by Gasteiger charge is 2.27. The molecular weight excluding hydrogens is 508 g/mol. The monoisotopic (exact) mass is 528 g/mol. The van der Waals surface area contributed by atoms with Gasteiger partial charge in [0.15, 0.2) is 11.6 Å². The summed E-state index contributed by atoms with van der Waals surface area (Å²) in [5, 5.41) is -1.45. The number of fused-ring (bicyclic) bond motifs is 1. The SMILES string of the molecule is CCOC(=O)c1cn(-c2cc(N(C)C(=O)OC(C)(C)C)c(F)cc2F)c2c(Cl)c(F)c(F)cc2c1=O. The van der Waals surface area contributed by atoms with Crippen molar-refractivity contribution in [3.63, 3.8) is 0 Å². The zero-order valence-corrected chi connectivity index (χ0v) is 20.6. The Morgan fingerprint density at radius 1 is 1.06 bits per heavy atom. The van der Waals surface area contributed by atoms with E-state index >= 15 is 4.39 Å². The molecule has 0 aliphatic rings. The van der Waals surface area contributed by atoms with Crippen LogP contribution in [0.2, 0.25) is 5.02 Å². The first-order valence-corrected chi connectivity index (χ1v) is 10.9. The van der Waals surface area contributed by atoms with E-state index in [1.165, 1.54) is 14.0 Å². The van der Waals surface area contributed by atoms with Crippen molar-refractivity contribution < 1.29 is 36.6 Å². The summed E-state index contributed by atoms with van der Waals surface area (Å²) in [6, 6.07) is 1.81. The Labute approximate surface area is 207 Å². The van der Waals surface area contributed by atoms with Crippen LogP contribution in [0.4, 0.5) is 28.0 Å². The van der Waals surface area contributed by atoms with Crippen LogP contribution in [0.25, 0.3) is 16.6 Å². The summed E-state index contributed by atoms with van der Waals surface area (Å²) >= 11 is 5.99. The Bertz CT molecular complexity index is 1450. The van der Waals surface area contributed by atoms with Crippen molar-refractivity contribution in [2.45, 2.75) is 33.3 Å². The molecule has 0 radical (unpaired) electrons. The molecule has 0 saturated carbocycles. The zero-order chi connectivity index (χ0) is 27.1. The van der Waals surface area contributed by atoms with Crippen LogP contribution in [0.15, 0.2) is 29.2 Å².